The van der Waals surface area contributed by atoms with Crippen LogP contribution in [0.2, 0.25) is 0 Å². The van der Waals surface area contributed by atoms with E-state index in [1.807, 2.05) is 0 Å². The van der Waals surface area contributed by atoms with Crippen LogP contribution in [0.4, 0.5) is 0 Å². The molecule has 1 amide bonds. The highest BCUT2D eigenvalue weighted by Gasteiger charge is 2.25. The maximum absolute atomic E-state index is 12.7. The fraction of sp³-hybridized carbons (Fsp3) is 0.593. The molecule has 0 aliphatic carbocycles. The van der Waals surface area contributed by atoms with Gasteiger partial charge in [-0.15, -0.1) is 0 Å². The lowest BCUT2D eigenvalue weighted by molar-refractivity contribution is -0.126. The lowest BCUT2D eigenvalue weighted by atomic mass is 9.95. The van der Waals surface area contributed by atoms with Crippen molar-refractivity contribution in [1.82, 2.24) is 20.1 Å². The number of rotatable bonds is 11. The van der Waals surface area contributed by atoms with Crippen molar-refractivity contribution in [3.05, 3.63) is 47.2 Å². The molecule has 5 heteroatoms. The number of amides is 1. The first-order chi connectivity index (χ1) is 15.5. The predicted molar refractivity (Wildman–Crippen MR) is 134 cm³/mol. The number of aromatic amines is 1. The Balaban J connectivity index is 1.45. The average molecular weight is 439 g/mol. The van der Waals surface area contributed by atoms with Crippen LogP contribution in [-0.4, -0.2) is 60.0 Å². The average Bonchev–Trinajstić information content (AvgIpc) is 3.14. The Morgan fingerprint density at radius 1 is 1.09 bits per heavy atom. The highest BCUT2D eigenvalue weighted by Crippen LogP contribution is 2.26. The van der Waals surface area contributed by atoms with Gasteiger partial charge in [0.1, 0.15) is 0 Å². The van der Waals surface area contributed by atoms with Crippen molar-refractivity contribution in [3.8, 4) is 11.3 Å². The Morgan fingerprint density at radius 3 is 2.44 bits per heavy atom. The minimum Gasteiger partial charge on any atom is -0.358 e. The summed E-state index contributed by atoms with van der Waals surface area (Å²) in [7, 11) is 0. The first-order valence-corrected chi connectivity index (χ1v) is 12.5. The van der Waals surface area contributed by atoms with Gasteiger partial charge in [0.15, 0.2) is 0 Å². The predicted octanol–water partition coefficient (Wildman–Crippen LogP) is 4.75. The largest absolute Gasteiger partial charge is 0.358 e. The van der Waals surface area contributed by atoms with Gasteiger partial charge >= 0.3 is 0 Å². The zero-order valence-corrected chi connectivity index (χ0v) is 20.5. The van der Waals surface area contributed by atoms with E-state index in [0.717, 1.165) is 58.7 Å². The van der Waals surface area contributed by atoms with Gasteiger partial charge in [0.2, 0.25) is 5.91 Å². The first kappa shape index (κ1) is 24.5. The molecule has 1 aliphatic heterocycles. The minimum absolute atomic E-state index is 0.159. The Kier molecular flexibility index (Phi) is 9.36. The van der Waals surface area contributed by atoms with Crippen molar-refractivity contribution >= 4 is 5.91 Å². The summed E-state index contributed by atoms with van der Waals surface area (Å²) in [6.45, 7) is 15.6. The molecule has 0 bridgehead atoms. The zero-order chi connectivity index (χ0) is 22.9. The molecule has 0 radical (unpaired) electrons. The third-order valence-electron chi connectivity index (χ3n) is 6.72. The van der Waals surface area contributed by atoms with E-state index in [-0.39, 0.29) is 11.8 Å². The fourth-order valence-electron chi connectivity index (χ4n) is 4.83. The minimum atomic E-state index is 0.159. The maximum Gasteiger partial charge on any atom is 0.223 e. The van der Waals surface area contributed by atoms with Gasteiger partial charge in [-0.1, -0.05) is 38.1 Å². The number of benzene rings is 1. The van der Waals surface area contributed by atoms with Crippen LogP contribution in [0.1, 0.15) is 56.4 Å². The maximum atomic E-state index is 12.7. The summed E-state index contributed by atoms with van der Waals surface area (Å²) in [4.78, 5) is 21.2. The second-order valence-corrected chi connectivity index (χ2v) is 9.33. The molecule has 1 aromatic heterocycles. The SMILES string of the molecule is CCCN(CCC)CCNC(=O)C1CCN(Cc2cc(-c3ccccc3C)[nH]c2C)CC1. The summed E-state index contributed by atoms with van der Waals surface area (Å²) in [5.74, 6) is 0.407. The van der Waals surface area contributed by atoms with Crippen LogP contribution >= 0.6 is 0 Å². The van der Waals surface area contributed by atoms with Crippen LogP contribution in [0.25, 0.3) is 11.3 Å². The standard InChI is InChI=1S/C27H42N4O/c1-5-14-30(15-6-2)18-13-28-27(32)23-11-16-31(17-12-23)20-24-19-26(29-22(24)4)25-10-8-7-9-21(25)3/h7-10,19,23,29H,5-6,11-18,20H2,1-4H3,(H,28,32). The van der Waals surface area contributed by atoms with Gasteiger partial charge in [0, 0.05) is 42.5 Å². The molecule has 176 valence electrons. The molecule has 32 heavy (non-hydrogen) atoms. The van der Waals surface area contributed by atoms with Gasteiger partial charge in [0.05, 0.1) is 0 Å². The highest BCUT2D eigenvalue weighted by molar-refractivity contribution is 5.78. The Bertz CT molecular complexity index is 845. The molecule has 0 saturated carbocycles. The highest BCUT2D eigenvalue weighted by atomic mass is 16.1. The number of nitrogens with one attached hydrogen (secondary N) is 2. The lowest BCUT2D eigenvalue weighted by Gasteiger charge is -2.31. The molecule has 2 heterocycles. The van der Waals surface area contributed by atoms with Crippen LogP contribution in [0, 0.1) is 19.8 Å². The molecular formula is C27H42N4O. The van der Waals surface area contributed by atoms with Crippen LogP contribution < -0.4 is 5.32 Å². The van der Waals surface area contributed by atoms with Gasteiger partial charge in [-0.05, 0) is 82.9 Å². The van der Waals surface area contributed by atoms with Crippen LogP contribution in [-0.2, 0) is 11.3 Å². The second kappa shape index (κ2) is 12.2. The van der Waals surface area contributed by atoms with Crippen molar-refractivity contribution < 1.29 is 4.79 Å². The van der Waals surface area contributed by atoms with E-state index < -0.39 is 0 Å². The number of nitrogens with zero attached hydrogens (tertiary/aromatic N) is 2. The van der Waals surface area contributed by atoms with E-state index in [1.54, 1.807) is 0 Å². The molecule has 1 aliphatic rings. The van der Waals surface area contributed by atoms with Gasteiger partial charge in [-0.25, -0.2) is 0 Å². The normalized spacial score (nSPS) is 15.4. The van der Waals surface area contributed by atoms with Gasteiger partial charge in [-0.3, -0.25) is 9.69 Å². The van der Waals surface area contributed by atoms with Crippen molar-refractivity contribution in [3.63, 3.8) is 0 Å². The summed E-state index contributed by atoms with van der Waals surface area (Å²) >= 11 is 0. The van der Waals surface area contributed by atoms with E-state index in [1.165, 1.54) is 40.9 Å². The number of aryl methyl sites for hydroxylation is 2. The molecule has 1 aromatic carbocycles. The third-order valence-corrected chi connectivity index (χ3v) is 6.72. The molecule has 2 N–H and O–H groups in total. The third kappa shape index (κ3) is 6.69. The summed E-state index contributed by atoms with van der Waals surface area (Å²) in [6.07, 6.45) is 4.24. The number of hydrogen-bond acceptors (Lipinski definition) is 3. The fourth-order valence-corrected chi connectivity index (χ4v) is 4.83. The number of aromatic nitrogens is 1. The molecule has 0 spiro atoms. The van der Waals surface area contributed by atoms with Crippen LogP contribution in [0.15, 0.2) is 30.3 Å². The van der Waals surface area contributed by atoms with Gasteiger partial charge in [0.25, 0.3) is 0 Å². The van der Waals surface area contributed by atoms with Crippen molar-refractivity contribution in [2.24, 2.45) is 5.92 Å². The number of carbonyl (C=O) groups excluding carboxylic acids is 1. The lowest BCUT2D eigenvalue weighted by Crippen LogP contribution is -2.42. The molecule has 1 saturated heterocycles. The summed E-state index contributed by atoms with van der Waals surface area (Å²) in [5.41, 5.74) is 6.36. The molecular weight excluding hydrogens is 396 g/mol. The Labute approximate surface area is 194 Å². The van der Waals surface area contributed by atoms with Crippen molar-refractivity contribution in [2.75, 3.05) is 39.3 Å². The van der Waals surface area contributed by atoms with Gasteiger partial charge in [-0.2, -0.15) is 0 Å². The van der Waals surface area contributed by atoms with E-state index in [2.05, 4.69) is 78.1 Å². The Hall–Kier alpha value is -2.11. The molecule has 0 atom stereocenters. The molecule has 2 aromatic rings. The summed E-state index contributed by atoms with van der Waals surface area (Å²) in [6, 6.07) is 10.8. The van der Waals surface area contributed by atoms with Crippen molar-refractivity contribution in [2.45, 2.75) is 59.9 Å². The van der Waals surface area contributed by atoms with Crippen LogP contribution in [0.5, 0.6) is 0 Å². The quantitative estimate of drug-likeness (QED) is 0.532. The van der Waals surface area contributed by atoms with Crippen LogP contribution in [0.3, 0.4) is 0 Å². The van der Waals surface area contributed by atoms with E-state index in [9.17, 15) is 4.79 Å². The topological polar surface area (TPSA) is 51.4 Å². The number of carbonyl (C=O) groups is 1. The molecule has 1 fully saturated rings. The van der Waals surface area contributed by atoms with E-state index in [0.29, 0.717) is 0 Å². The molecule has 3 rings (SSSR count). The second-order valence-electron chi connectivity index (χ2n) is 9.33. The number of piperidine rings is 1. The number of hydrogen-bond donors (Lipinski definition) is 2. The number of H-pyrrole nitrogens is 1. The monoisotopic (exact) mass is 438 g/mol. The molecule has 5 nitrogen and oxygen atoms in total. The van der Waals surface area contributed by atoms with E-state index >= 15 is 0 Å². The van der Waals surface area contributed by atoms with Gasteiger partial charge < -0.3 is 15.2 Å². The van der Waals surface area contributed by atoms with Crippen molar-refractivity contribution in [1.29, 1.82) is 0 Å². The molecule has 0 unspecified atom stereocenters. The Morgan fingerprint density at radius 2 is 1.78 bits per heavy atom. The zero-order valence-electron chi connectivity index (χ0n) is 20.5. The summed E-state index contributed by atoms with van der Waals surface area (Å²) < 4.78 is 0. The number of likely N-dealkylation sites (tertiary alicyclic amines) is 1. The summed E-state index contributed by atoms with van der Waals surface area (Å²) in [5, 5.41) is 3.20. The van der Waals surface area contributed by atoms with E-state index in [4.69, 9.17) is 0 Å². The smallest absolute Gasteiger partial charge is 0.223 e. The first-order valence-electron chi connectivity index (χ1n) is 12.5.